The molecule has 39 heavy (non-hydrogen) atoms. The molecule has 3 nitrogen and oxygen atoms in total. The van der Waals surface area contributed by atoms with Gasteiger partial charge in [0.1, 0.15) is 11.2 Å². The molecule has 0 atom stereocenters. The smallest absolute Gasteiger partial charge is 0.145 e. The Morgan fingerprint density at radius 3 is 1.69 bits per heavy atom. The van der Waals surface area contributed by atoms with Crippen LogP contribution >= 0.6 is 0 Å². The Hall–Kier alpha value is -5.28. The zero-order valence-electron chi connectivity index (χ0n) is 21.0. The van der Waals surface area contributed by atoms with Gasteiger partial charge in [-0.1, -0.05) is 72.8 Å². The molecule has 0 aliphatic rings. The van der Waals surface area contributed by atoms with Crippen molar-refractivity contribution in [1.82, 2.24) is 9.13 Å². The van der Waals surface area contributed by atoms with Gasteiger partial charge in [-0.25, -0.2) is 0 Å². The van der Waals surface area contributed by atoms with Crippen LogP contribution in [0.4, 0.5) is 0 Å². The fourth-order valence-electron chi connectivity index (χ4n) is 6.47. The average molecular weight is 499 g/mol. The highest BCUT2D eigenvalue weighted by molar-refractivity contribution is 6.24. The largest absolute Gasteiger partial charge is 0.455 e. The van der Waals surface area contributed by atoms with Gasteiger partial charge in [0.2, 0.25) is 0 Å². The maximum Gasteiger partial charge on any atom is 0.145 e. The number of hydrogen-bond acceptors (Lipinski definition) is 1. The molecule has 9 aromatic rings. The van der Waals surface area contributed by atoms with E-state index in [4.69, 9.17) is 4.42 Å². The van der Waals surface area contributed by atoms with Crippen LogP contribution in [0.15, 0.2) is 138 Å². The number of aromatic nitrogens is 2. The van der Waals surface area contributed by atoms with Crippen LogP contribution in [-0.4, -0.2) is 9.13 Å². The molecule has 0 radical (unpaired) electrons. The van der Waals surface area contributed by atoms with Gasteiger partial charge in [-0.2, -0.15) is 0 Å². The third-order valence-corrected chi connectivity index (χ3v) is 8.11. The molecule has 0 bridgehead atoms. The molecular formula is C36H22N2O. The maximum atomic E-state index is 6.65. The third-order valence-electron chi connectivity index (χ3n) is 8.11. The predicted octanol–water partition coefficient (Wildman–Crippen LogP) is 9.78. The lowest BCUT2D eigenvalue weighted by Crippen LogP contribution is -1.93. The van der Waals surface area contributed by atoms with Crippen molar-refractivity contribution in [2.75, 3.05) is 0 Å². The van der Waals surface area contributed by atoms with Crippen LogP contribution in [0.5, 0.6) is 0 Å². The summed E-state index contributed by atoms with van der Waals surface area (Å²) in [5.41, 5.74) is 8.86. The number of furan rings is 1. The van der Waals surface area contributed by atoms with Crippen LogP contribution in [-0.2, 0) is 0 Å². The summed E-state index contributed by atoms with van der Waals surface area (Å²) in [6.45, 7) is 0. The molecule has 3 heterocycles. The molecule has 0 amide bonds. The first-order chi connectivity index (χ1) is 19.4. The molecule has 0 aliphatic heterocycles. The lowest BCUT2D eigenvalue weighted by atomic mass is 10.1. The van der Waals surface area contributed by atoms with Crippen LogP contribution in [0.25, 0.3) is 76.9 Å². The molecule has 0 fully saturated rings. The lowest BCUT2D eigenvalue weighted by molar-refractivity contribution is 0.673. The molecule has 0 N–H and O–H groups in total. The second-order valence-corrected chi connectivity index (χ2v) is 10.2. The van der Waals surface area contributed by atoms with Gasteiger partial charge < -0.3 is 13.6 Å². The van der Waals surface area contributed by atoms with E-state index in [0.29, 0.717) is 0 Å². The van der Waals surface area contributed by atoms with Crippen LogP contribution in [0.1, 0.15) is 0 Å². The molecule has 0 saturated carbocycles. The average Bonchev–Trinajstić information content (AvgIpc) is 3.65. The van der Waals surface area contributed by atoms with Gasteiger partial charge in [0.05, 0.1) is 27.5 Å². The molecule has 0 aliphatic carbocycles. The van der Waals surface area contributed by atoms with Gasteiger partial charge >= 0.3 is 0 Å². The zero-order chi connectivity index (χ0) is 25.5. The van der Waals surface area contributed by atoms with E-state index in [-0.39, 0.29) is 0 Å². The molecule has 0 spiro atoms. The van der Waals surface area contributed by atoms with Gasteiger partial charge in [0.25, 0.3) is 0 Å². The Labute approximate surface area is 223 Å². The third kappa shape index (κ3) is 2.76. The summed E-state index contributed by atoms with van der Waals surface area (Å²) in [6.07, 6.45) is 0. The molecule has 9 rings (SSSR count). The Morgan fingerprint density at radius 2 is 0.974 bits per heavy atom. The van der Waals surface area contributed by atoms with Crippen molar-refractivity contribution in [3.8, 4) is 11.4 Å². The van der Waals surface area contributed by atoms with E-state index >= 15 is 0 Å². The van der Waals surface area contributed by atoms with E-state index in [0.717, 1.165) is 44.2 Å². The number of hydrogen-bond donors (Lipinski definition) is 0. The van der Waals surface area contributed by atoms with Gasteiger partial charge in [-0.15, -0.1) is 0 Å². The summed E-state index contributed by atoms with van der Waals surface area (Å²) in [5, 5.41) is 7.14. The van der Waals surface area contributed by atoms with Crippen LogP contribution in [0, 0.1) is 0 Å². The Morgan fingerprint density at radius 1 is 0.385 bits per heavy atom. The summed E-state index contributed by atoms with van der Waals surface area (Å²) >= 11 is 0. The Balaban J connectivity index is 1.37. The van der Waals surface area contributed by atoms with Crippen molar-refractivity contribution in [3.05, 3.63) is 133 Å². The van der Waals surface area contributed by atoms with E-state index in [1.54, 1.807) is 0 Å². The number of benzene rings is 6. The molecule has 3 aromatic heterocycles. The first-order valence-corrected chi connectivity index (χ1v) is 13.3. The second-order valence-electron chi connectivity index (χ2n) is 10.2. The fraction of sp³-hybridized carbons (Fsp3) is 0. The van der Waals surface area contributed by atoms with E-state index in [9.17, 15) is 0 Å². The number of rotatable bonds is 2. The quantitative estimate of drug-likeness (QED) is 0.233. The number of nitrogens with zero attached hydrogens (tertiary/aromatic N) is 2. The van der Waals surface area contributed by atoms with Crippen LogP contribution in [0.2, 0.25) is 0 Å². The highest BCUT2D eigenvalue weighted by Gasteiger charge is 2.19. The fourth-order valence-corrected chi connectivity index (χ4v) is 6.47. The minimum absolute atomic E-state index is 0.901. The summed E-state index contributed by atoms with van der Waals surface area (Å²) in [5.74, 6) is 0. The SMILES string of the molecule is c1ccc(-n2c3ccccc3c3c4oc5ccc(-n6c7ccccc7c7ccccc76)cc5c4ccc32)cc1. The van der Waals surface area contributed by atoms with Gasteiger partial charge in [0.15, 0.2) is 0 Å². The summed E-state index contributed by atoms with van der Waals surface area (Å²) < 4.78 is 11.3. The Kier molecular flexibility index (Phi) is 4.05. The van der Waals surface area contributed by atoms with Crippen molar-refractivity contribution in [1.29, 1.82) is 0 Å². The molecule has 182 valence electrons. The topological polar surface area (TPSA) is 23.0 Å². The van der Waals surface area contributed by atoms with Crippen molar-refractivity contribution in [3.63, 3.8) is 0 Å². The highest BCUT2D eigenvalue weighted by Crippen LogP contribution is 2.41. The van der Waals surface area contributed by atoms with Crippen LogP contribution in [0.3, 0.4) is 0 Å². The van der Waals surface area contributed by atoms with Gasteiger partial charge in [-0.3, -0.25) is 0 Å². The number of para-hydroxylation sites is 4. The monoisotopic (exact) mass is 498 g/mol. The Bertz CT molecular complexity index is 2330. The zero-order valence-corrected chi connectivity index (χ0v) is 21.0. The first kappa shape index (κ1) is 20.7. The standard InChI is InChI=1S/C36H22N2O/c1-2-10-23(11-3-1)37-32-17-9-6-14-28(32)35-33(37)20-19-27-29-22-24(18-21-34(29)39-36(27)35)38-30-15-7-4-12-25(30)26-13-5-8-16-31(26)38/h1-22H. The molecule has 0 saturated heterocycles. The highest BCUT2D eigenvalue weighted by atomic mass is 16.3. The lowest BCUT2D eigenvalue weighted by Gasteiger charge is -2.08. The van der Waals surface area contributed by atoms with E-state index in [1.165, 1.54) is 32.7 Å². The van der Waals surface area contributed by atoms with E-state index in [2.05, 4.69) is 143 Å². The van der Waals surface area contributed by atoms with Crippen molar-refractivity contribution in [2.45, 2.75) is 0 Å². The minimum atomic E-state index is 0.901. The van der Waals surface area contributed by atoms with E-state index < -0.39 is 0 Å². The second kappa shape index (κ2) is 7.62. The maximum absolute atomic E-state index is 6.65. The molecular weight excluding hydrogens is 476 g/mol. The van der Waals surface area contributed by atoms with Gasteiger partial charge in [0, 0.05) is 38.3 Å². The van der Waals surface area contributed by atoms with Crippen LogP contribution < -0.4 is 0 Å². The predicted molar refractivity (Wildman–Crippen MR) is 162 cm³/mol. The van der Waals surface area contributed by atoms with Crippen molar-refractivity contribution < 1.29 is 4.42 Å². The summed E-state index contributed by atoms with van der Waals surface area (Å²) in [4.78, 5) is 0. The minimum Gasteiger partial charge on any atom is -0.455 e. The van der Waals surface area contributed by atoms with Crippen molar-refractivity contribution in [2.24, 2.45) is 0 Å². The summed E-state index contributed by atoms with van der Waals surface area (Å²) in [7, 11) is 0. The molecule has 3 heteroatoms. The van der Waals surface area contributed by atoms with Crippen molar-refractivity contribution >= 4 is 65.6 Å². The normalized spacial score (nSPS) is 12.1. The first-order valence-electron chi connectivity index (χ1n) is 13.3. The van der Waals surface area contributed by atoms with E-state index in [1.807, 2.05) is 0 Å². The summed E-state index contributed by atoms with van der Waals surface area (Å²) in [6, 6.07) is 47.5. The molecule has 6 aromatic carbocycles. The molecule has 0 unspecified atom stereocenters. The number of fused-ring (bicyclic) bond motifs is 10. The van der Waals surface area contributed by atoms with Gasteiger partial charge in [-0.05, 0) is 60.7 Å².